The summed E-state index contributed by atoms with van der Waals surface area (Å²) in [5, 5.41) is 5.14. The van der Waals surface area contributed by atoms with Gasteiger partial charge in [0.05, 0.1) is 4.88 Å². The van der Waals surface area contributed by atoms with E-state index in [1.807, 2.05) is 41.8 Å². The van der Waals surface area contributed by atoms with Crippen LogP contribution in [0.15, 0.2) is 41.8 Å². The van der Waals surface area contributed by atoms with Crippen LogP contribution in [0.4, 0.5) is 5.69 Å². The minimum absolute atomic E-state index is 0.0921. The SMILES string of the molecule is O=C(Nc1cccc(CS(=O)C2CCCCC2)c1)c1cccs1. The van der Waals surface area contributed by atoms with E-state index in [2.05, 4.69) is 5.32 Å². The van der Waals surface area contributed by atoms with Crippen molar-refractivity contribution in [3.8, 4) is 0 Å². The average Bonchev–Trinajstić information content (AvgIpc) is 3.10. The molecule has 2 aromatic rings. The zero-order valence-corrected chi connectivity index (χ0v) is 14.6. The summed E-state index contributed by atoms with van der Waals surface area (Å²) in [4.78, 5) is 12.8. The van der Waals surface area contributed by atoms with Crippen molar-refractivity contribution in [3.63, 3.8) is 0 Å². The van der Waals surface area contributed by atoms with Crippen LogP contribution in [0, 0.1) is 0 Å². The third-order valence-corrected chi connectivity index (χ3v) is 6.86. The van der Waals surface area contributed by atoms with Gasteiger partial charge in [-0.1, -0.05) is 37.5 Å². The minimum Gasteiger partial charge on any atom is -0.321 e. The number of anilines is 1. The summed E-state index contributed by atoms with van der Waals surface area (Å²) in [5.74, 6) is 0.485. The summed E-state index contributed by atoms with van der Waals surface area (Å²) >= 11 is 1.42. The second-order valence-electron chi connectivity index (χ2n) is 5.92. The third kappa shape index (κ3) is 4.52. The molecule has 0 spiro atoms. The molecule has 1 aliphatic carbocycles. The third-order valence-electron chi connectivity index (χ3n) is 4.16. The van der Waals surface area contributed by atoms with Crippen LogP contribution in [0.2, 0.25) is 0 Å². The van der Waals surface area contributed by atoms with Gasteiger partial charge in [0.25, 0.3) is 5.91 Å². The van der Waals surface area contributed by atoms with E-state index in [-0.39, 0.29) is 5.91 Å². The maximum absolute atomic E-state index is 12.5. The predicted molar refractivity (Wildman–Crippen MR) is 97.4 cm³/mol. The van der Waals surface area contributed by atoms with Gasteiger partial charge in [-0.15, -0.1) is 11.3 Å². The van der Waals surface area contributed by atoms with Crippen LogP contribution in [-0.4, -0.2) is 15.4 Å². The van der Waals surface area contributed by atoms with Crippen molar-refractivity contribution in [1.29, 1.82) is 0 Å². The lowest BCUT2D eigenvalue weighted by Crippen LogP contribution is -2.19. The molecule has 1 saturated carbocycles. The summed E-state index contributed by atoms with van der Waals surface area (Å²) in [7, 11) is -0.819. The first-order valence-corrected chi connectivity index (χ1v) is 10.3. The van der Waals surface area contributed by atoms with Crippen LogP contribution in [0.3, 0.4) is 0 Å². The topological polar surface area (TPSA) is 46.2 Å². The van der Waals surface area contributed by atoms with Gasteiger partial charge in [0.15, 0.2) is 0 Å². The Morgan fingerprint density at radius 3 is 2.74 bits per heavy atom. The van der Waals surface area contributed by atoms with Gasteiger partial charge in [-0.2, -0.15) is 0 Å². The van der Waals surface area contributed by atoms with Gasteiger partial charge >= 0.3 is 0 Å². The fraction of sp³-hybridized carbons (Fsp3) is 0.389. The van der Waals surface area contributed by atoms with Crippen molar-refractivity contribution in [2.24, 2.45) is 0 Å². The van der Waals surface area contributed by atoms with E-state index < -0.39 is 10.8 Å². The fourth-order valence-corrected chi connectivity index (χ4v) is 5.17. The lowest BCUT2D eigenvalue weighted by Gasteiger charge is -2.21. The molecule has 3 rings (SSSR count). The standard InChI is InChI=1S/C18H21NO2S2/c20-18(17-10-5-11-22-17)19-15-7-4-6-14(12-15)13-23(21)16-8-2-1-3-9-16/h4-7,10-12,16H,1-3,8-9,13H2,(H,19,20). The van der Waals surface area contributed by atoms with Crippen molar-refractivity contribution in [3.05, 3.63) is 52.2 Å². The summed E-state index contributed by atoms with van der Waals surface area (Å²) in [6.07, 6.45) is 5.85. The Bertz CT molecular complexity index is 676. The number of rotatable bonds is 5. The molecule has 5 heteroatoms. The zero-order chi connectivity index (χ0) is 16.1. The molecule has 1 aromatic carbocycles. The fourth-order valence-electron chi connectivity index (χ4n) is 2.95. The van der Waals surface area contributed by atoms with Crippen LogP contribution < -0.4 is 5.32 Å². The molecule has 1 fully saturated rings. The molecule has 1 atom stereocenters. The maximum Gasteiger partial charge on any atom is 0.265 e. The molecule has 0 bridgehead atoms. The van der Waals surface area contributed by atoms with Crippen LogP contribution in [0.25, 0.3) is 0 Å². The van der Waals surface area contributed by atoms with Gasteiger partial charge in [-0.25, -0.2) is 0 Å². The van der Waals surface area contributed by atoms with E-state index in [1.165, 1.54) is 30.6 Å². The van der Waals surface area contributed by atoms with Gasteiger partial charge in [-0.05, 0) is 42.0 Å². The molecule has 0 aliphatic heterocycles. The number of carbonyl (C=O) groups is 1. The predicted octanol–water partition coefficient (Wildman–Crippen LogP) is 4.58. The molecule has 1 N–H and O–H groups in total. The molecular formula is C18H21NO2S2. The van der Waals surface area contributed by atoms with Crippen molar-refractivity contribution in [1.82, 2.24) is 0 Å². The number of benzene rings is 1. The average molecular weight is 348 g/mol. The number of carbonyl (C=O) groups excluding carboxylic acids is 1. The Hall–Kier alpha value is -1.46. The van der Waals surface area contributed by atoms with Crippen molar-refractivity contribution in [2.75, 3.05) is 5.32 Å². The number of hydrogen-bond donors (Lipinski definition) is 1. The van der Waals surface area contributed by atoms with E-state index in [0.717, 1.165) is 24.1 Å². The smallest absolute Gasteiger partial charge is 0.265 e. The summed E-state index contributed by atoms with van der Waals surface area (Å²) in [5.41, 5.74) is 1.79. The number of thiophene rings is 1. The Morgan fingerprint density at radius 1 is 1.17 bits per heavy atom. The van der Waals surface area contributed by atoms with Gasteiger partial charge in [0.2, 0.25) is 0 Å². The number of hydrogen-bond acceptors (Lipinski definition) is 3. The minimum atomic E-state index is -0.819. The molecule has 122 valence electrons. The van der Waals surface area contributed by atoms with Gasteiger partial charge < -0.3 is 5.32 Å². The van der Waals surface area contributed by atoms with Crippen molar-refractivity contribution >= 4 is 33.7 Å². The Balaban J connectivity index is 1.62. The monoisotopic (exact) mass is 347 g/mol. The molecule has 1 unspecified atom stereocenters. The van der Waals surface area contributed by atoms with Crippen molar-refractivity contribution in [2.45, 2.75) is 43.1 Å². The van der Waals surface area contributed by atoms with Gasteiger partial charge in [-0.3, -0.25) is 9.00 Å². The summed E-state index contributed by atoms with van der Waals surface area (Å²) in [6, 6.07) is 11.4. The maximum atomic E-state index is 12.5. The first-order valence-electron chi connectivity index (χ1n) is 8.03. The zero-order valence-electron chi connectivity index (χ0n) is 13.0. The highest BCUT2D eigenvalue weighted by molar-refractivity contribution is 7.84. The quantitative estimate of drug-likeness (QED) is 0.860. The Labute approximate surface area is 143 Å². The first-order chi connectivity index (χ1) is 11.2. The largest absolute Gasteiger partial charge is 0.321 e. The second-order valence-corrected chi connectivity index (χ2v) is 8.58. The van der Waals surface area contributed by atoms with Gasteiger partial charge in [0, 0.05) is 27.5 Å². The molecule has 0 radical (unpaired) electrons. The lowest BCUT2D eigenvalue weighted by molar-refractivity contribution is 0.103. The molecule has 23 heavy (non-hydrogen) atoms. The Morgan fingerprint density at radius 2 is 2.00 bits per heavy atom. The molecule has 1 aromatic heterocycles. The number of amides is 1. The van der Waals surface area contributed by atoms with E-state index >= 15 is 0 Å². The highest BCUT2D eigenvalue weighted by Gasteiger charge is 2.20. The van der Waals surface area contributed by atoms with Crippen LogP contribution in [-0.2, 0) is 16.6 Å². The highest BCUT2D eigenvalue weighted by atomic mass is 32.2. The van der Waals surface area contributed by atoms with E-state index in [4.69, 9.17) is 0 Å². The molecule has 0 saturated heterocycles. The highest BCUT2D eigenvalue weighted by Crippen LogP contribution is 2.24. The molecule has 3 nitrogen and oxygen atoms in total. The normalized spacial score (nSPS) is 16.9. The van der Waals surface area contributed by atoms with E-state index in [0.29, 0.717) is 15.9 Å². The molecular weight excluding hydrogens is 326 g/mol. The second kappa shape index (κ2) is 7.88. The van der Waals surface area contributed by atoms with Crippen LogP contribution >= 0.6 is 11.3 Å². The molecule has 1 amide bonds. The first kappa shape index (κ1) is 16.4. The van der Waals surface area contributed by atoms with E-state index in [9.17, 15) is 9.00 Å². The van der Waals surface area contributed by atoms with Crippen molar-refractivity contribution < 1.29 is 9.00 Å². The summed E-state index contributed by atoms with van der Waals surface area (Å²) < 4.78 is 12.5. The molecule has 1 aliphatic rings. The number of nitrogens with one attached hydrogen (secondary N) is 1. The lowest BCUT2D eigenvalue weighted by atomic mass is 10.0. The van der Waals surface area contributed by atoms with Gasteiger partial charge in [0.1, 0.15) is 0 Å². The van der Waals surface area contributed by atoms with Crippen LogP contribution in [0.5, 0.6) is 0 Å². The summed E-state index contributed by atoms with van der Waals surface area (Å²) in [6.45, 7) is 0. The Kier molecular flexibility index (Phi) is 5.62. The van der Waals surface area contributed by atoms with Crippen LogP contribution in [0.1, 0.15) is 47.3 Å². The van der Waals surface area contributed by atoms with E-state index in [1.54, 1.807) is 0 Å². The molecule has 1 heterocycles.